The van der Waals surface area contributed by atoms with E-state index in [1.807, 2.05) is 42.5 Å². The van der Waals surface area contributed by atoms with Crippen LogP contribution in [0.1, 0.15) is 16.7 Å². The number of carbonyl (C=O) groups excluding carboxylic acids is 1. The quantitative estimate of drug-likeness (QED) is 0.152. The van der Waals surface area contributed by atoms with Crippen LogP contribution in [-0.4, -0.2) is 19.0 Å². The van der Waals surface area contributed by atoms with E-state index < -0.39 is 5.97 Å². The maximum atomic E-state index is 12.4. The summed E-state index contributed by atoms with van der Waals surface area (Å²) in [6.45, 7) is 0.392. The Kier molecular flexibility index (Phi) is 7.98. The molecule has 0 fully saturated rings. The van der Waals surface area contributed by atoms with Gasteiger partial charge in [-0.15, -0.1) is 0 Å². The van der Waals surface area contributed by atoms with Crippen LogP contribution in [0.4, 0.5) is 0 Å². The number of aliphatic imine (C=N–C) groups is 1. The third-order valence-electron chi connectivity index (χ3n) is 4.61. The van der Waals surface area contributed by atoms with Crippen molar-refractivity contribution in [1.82, 2.24) is 0 Å². The molecule has 1 aliphatic rings. The smallest absolute Gasteiger partial charge is 0.363 e. The van der Waals surface area contributed by atoms with Gasteiger partial charge >= 0.3 is 5.97 Å². The Morgan fingerprint density at radius 3 is 2.73 bits per heavy atom. The first-order valence-corrected chi connectivity index (χ1v) is 12.9. The average molecular weight is 751 g/mol. The number of esters is 1. The first-order chi connectivity index (χ1) is 15.8. The molecule has 9 heteroatoms. The van der Waals surface area contributed by atoms with Crippen molar-refractivity contribution in [2.24, 2.45) is 4.99 Å². The molecule has 0 amide bonds. The number of hydrogen-bond donors (Lipinski definition) is 0. The third kappa shape index (κ3) is 5.90. The van der Waals surface area contributed by atoms with E-state index in [9.17, 15) is 4.79 Å². The molecule has 1 aliphatic heterocycles. The van der Waals surface area contributed by atoms with Crippen LogP contribution < -0.4 is 9.47 Å². The summed E-state index contributed by atoms with van der Waals surface area (Å²) >= 11 is 14.1. The lowest BCUT2D eigenvalue weighted by Crippen LogP contribution is -2.06. The highest BCUT2D eigenvalue weighted by atomic mass is 127. The molecular weight excluding hydrogens is 735 g/mol. The van der Waals surface area contributed by atoms with Gasteiger partial charge in [0.1, 0.15) is 6.61 Å². The first kappa shape index (κ1) is 24.5. The molecule has 0 radical (unpaired) electrons. The van der Waals surface area contributed by atoms with Gasteiger partial charge in [0.05, 0.1) is 21.3 Å². The van der Waals surface area contributed by atoms with Crippen molar-refractivity contribution in [3.63, 3.8) is 0 Å². The van der Waals surface area contributed by atoms with E-state index in [0.717, 1.165) is 22.7 Å². The van der Waals surface area contributed by atoms with E-state index in [0.29, 0.717) is 28.7 Å². The van der Waals surface area contributed by atoms with Gasteiger partial charge in [0.15, 0.2) is 17.2 Å². The third-order valence-corrected chi connectivity index (χ3v) is 6.90. The van der Waals surface area contributed by atoms with Crippen LogP contribution in [0, 0.1) is 7.14 Å². The number of nitrogens with zero attached hydrogens (tertiary/aromatic N) is 1. The molecule has 5 nitrogen and oxygen atoms in total. The molecule has 0 atom stereocenters. The zero-order valence-corrected chi connectivity index (χ0v) is 23.7. The molecule has 0 N–H and O–H groups in total. The molecule has 3 aromatic carbocycles. The summed E-state index contributed by atoms with van der Waals surface area (Å²) in [6, 6.07) is 17.0. The van der Waals surface area contributed by atoms with Gasteiger partial charge in [0.25, 0.3) is 0 Å². The van der Waals surface area contributed by atoms with Crippen molar-refractivity contribution in [3.05, 3.63) is 93.6 Å². The van der Waals surface area contributed by atoms with Crippen molar-refractivity contribution in [1.29, 1.82) is 0 Å². The topological polar surface area (TPSA) is 57.1 Å². The van der Waals surface area contributed by atoms with Crippen molar-refractivity contribution in [3.8, 4) is 11.5 Å². The summed E-state index contributed by atoms with van der Waals surface area (Å²) in [5, 5.41) is 0.464. The number of methoxy groups -OCH3 is 1. The molecule has 0 saturated heterocycles. The minimum Gasteiger partial charge on any atom is -0.493 e. The summed E-state index contributed by atoms with van der Waals surface area (Å²) < 4.78 is 19.7. The van der Waals surface area contributed by atoms with Crippen LogP contribution in [0.3, 0.4) is 0 Å². The van der Waals surface area contributed by atoms with Crippen LogP contribution in [0.25, 0.3) is 6.08 Å². The molecule has 0 bridgehead atoms. The Balaban J connectivity index is 1.61. The molecule has 0 aliphatic carbocycles. The van der Waals surface area contributed by atoms with Gasteiger partial charge in [-0.25, -0.2) is 9.79 Å². The normalized spacial score (nSPS) is 14.3. The number of hydrogen-bond acceptors (Lipinski definition) is 5. The molecular formula is C24H15BrClI2NO4. The van der Waals surface area contributed by atoms with Crippen molar-refractivity contribution in [2.45, 2.75) is 6.61 Å². The fraction of sp³-hybridized carbons (Fsp3) is 0.0833. The standard InChI is InChI=1S/C24H15BrClI2NO4/c1-31-21-10-14(8-19(28)22(21)32-12-13-3-2-4-15(25)7-13)9-20-24(30)33-23(29-20)17-11-16(27)5-6-18(17)26/h2-11H,12H2,1H3/b20-9-. The van der Waals surface area contributed by atoms with Crippen LogP contribution in [0.5, 0.6) is 11.5 Å². The van der Waals surface area contributed by atoms with Gasteiger partial charge in [-0.1, -0.05) is 39.7 Å². The van der Waals surface area contributed by atoms with Crippen LogP contribution in [0.15, 0.2) is 69.8 Å². The lowest BCUT2D eigenvalue weighted by atomic mass is 10.1. The molecule has 1 heterocycles. The maximum absolute atomic E-state index is 12.4. The number of halogens is 4. The van der Waals surface area contributed by atoms with Gasteiger partial charge in [-0.3, -0.25) is 0 Å². The van der Waals surface area contributed by atoms with Crippen molar-refractivity contribution in [2.75, 3.05) is 7.11 Å². The molecule has 33 heavy (non-hydrogen) atoms. The second-order valence-electron chi connectivity index (χ2n) is 6.91. The molecule has 4 rings (SSSR count). The second kappa shape index (κ2) is 10.7. The van der Waals surface area contributed by atoms with E-state index in [1.165, 1.54) is 0 Å². The highest BCUT2D eigenvalue weighted by molar-refractivity contribution is 14.1. The van der Waals surface area contributed by atoms with E-state index >= 15 is 0 Å². The predicted octanol–water partition coefficient (Wildman–Crippen LogP) is 7.24. The molecule has 0 spiro atoms. The SMILES string of the molecule is COc1cc(/C=C2\N=C(c3cc(I)ccc3Cl)OC2=O)cc(I)c1OCc1cccc(Br)c1. The van der Waals surface area contributed by atoms with Gasteiger partial charge in [0.2, 0.25) is 5.90 Å². The maximum Gasteiger partial charge on any atom is 0.363 e. The monoisotopic (exact) mass is 749 g/mol. The van der Waals surface area contributed by atoms with Gasteiger partial charge < -0.3 is 14.2 Å². The summed E-state index contributed by atoms with van der Waals surface area (Å²) in [4.78, 5) is 16.8. The molecule has 3 aromatic rings. The summed E-state index contributed by atoms with van der Waals surface area (Å²) in [6.07, 6.45) is 1.65. The lowest BCUT2D eigenvalue weighted by molar-refractivity contribution is -0.129. The van der Waals surface area contributed by atoms with Crippen molar-refractivity contribution >= 4 is 90.7 Å². The molecule has 0 aromatic heterocycles. The number of carbonyl (C=O) groups is 1. The van der Waals surface area contributed by atoms with E-state index in [-0.39, 0.29) is 11.6 Å². The fourth-order valence-corrected chi connectivity index (χ4v) is 5.01. The lowest BCUT2D eigenvalue weighted by Gasteiger charge is -2.14. The molecule has 0 unspecified atom stereocenters. The first-order valence-electron chi connectivity index (χ1n) is 9.57. The number of benzene rings is 3. The van der Waals surface area contributed by atoms with Crippen LogP contribution in [0.2, 0.25) is 5.02 Å². The van der Waals surface area contributed by atoms with Gasteiger partial charge in [0, 0.05) is 8.04 Å². The zero-order valence-electron chi connectivity index (χ0n) is 17.1. The Bertz CT molecular complexity index is 1310. The largest absolute Gasteiger partial charge is 0.493 e. The summed E-state index contributed by atoms with van der Waals surface area (Å²) in [5.41, 5.74) is 2.51. The number of ether oxygens (including phenoxy) is 3. The Morgan fingerprint density at radius 2 is 1.97 bits per heavy atom. The Labute approximate surface area is 231 Å². The van der Waals surface area contributed by atoms with Gasteiger partial charge in [-0.05, 0) is 105 Å². The van der Waals surface area contributed by atoms with Crippen LogP contribution in [-0.2, 0) is 16.1 Å². The Hall–Kier alpha value is -1.63. The van der Waals surface area contributed by atoms with Crippen molar-refractivity contribution < 1.29 is 19.0 Å². The predicted molar refractivity (Wildman–Crippen MR) is 149 cm³/mol. The number of rotatable bonds is 6. The summed E-state index contributed by atoms with van der Waals surface area (Å²) in [5.74, 6) is 0.832. The Morgan fingerprint density at radius 1 is 1.15 bits per heavy atom. The second-order valence-corrected chi connectivity index (χ2v) is 10.6. The van der Waals surface area contributed by atoms with E-state index in [2.05, 4.69) is 66.1 Å². The molecule has 0 saturated carbocycles. The highest BCUT2D eigenvalue weighted by Crippen LogP contribution is 2.36. The highest BCUT2D eigenvalue weighted by Gasteiger charge is 2.26. The number of cyclic esters (lactones) is 1. The average Bonchev–Trinajstić information content (AvgIpc) is 3.14. The summed E-state index contributed by atoms with van der Waals surface area (Å²) in [7, 11) is 1.58. The fourth-order valence-electron chi connectivity index (χ4n) is 3.09. The minimum absolute atomic E-state index is 0.181. The zero-order chi connectivity index (χ0) is 23.5. The minimum atomic E-state index is -0.538. The molecule has 168 valence electrons. The van der Waals surface area contributed by atoms with Gasteiger partial charge in [-0.2, -0.15) is 0 Å². The van der Waals surface area contributed by atoms with E-state index in [4.69, 9.17) is 25.8 Å². The van der Waals surface area contributed by atoms with Crippen LogP contribution >= 0.6 is 72.7 Å². The van der Waals surface area contributed by atoms with E-state index in [1.54, 1.807) is 25.3 Å².